The van der Waals surface area contributed by atoms with E-state index in [2.05, 4.69) is 5.32 Å². The van der Waals surface area contributed by atoms with Crippen LogP contribution in [0.5, 0.6) is 0 Å². The Morgan fingerprint density at radius 2 is 1.86 bits per heavy atom. The molecule has 1 unspecified atom stereocenters. The highest BCUT2D eigenvalue weighted by Gasteiger charge is 2.17. The van der Waals surface area contributed by atoms with Gasteiger partial charge in [-0.2, -0.15) is 0 Å². The molecule has 0 aliphatic heterocycles. The van der Waals surface area contributed by atoms with Crippen molar-refractivity contribution in [1.82, 2.24) is 5.32 Å². The fraction of sp³-hybridized carbons (Fsp3) is 0.176. The topological polar surface area (TPSA) is 66.4 Å². The molecule has 0 bridgehead atoms. The van der Waals surface area contributed by atoms with Crippen LogP contribution in [0.3, 0.4) is 0 Å². The van der Waals surface area contributed by atoms with E-state index in [4.69, 9.17) is 5.11 Å². The number of aliphatic carboxylic acids is 1. The van der Waals surface area contributed by atoms with Gasteiger partial charge < -0.3 is 10.4 Å². The number of carbonyl (C=O) groups is 2. The molecule has 0 saturated heterocycles. The monoisotopic (exact) mass is 301 g/mol. The highest BCUT2D eigenvalue weighted by molar-refractivity contribution is 5.86. The molecule has 2 N–H and O–H groups in total. The van der Waals surface area contributed by atoms with E-state index in [9.17, 15) is 14.0 Å². The Labute approximate surface area is 127 Å². The Balaban J connectivity index is 2.18. The van der Waals surface area contributed by atoms with Crippen molar-refractivity contribution in [2.75, 3.05) is 6.54 Å². The predicted octanol–water partition coefficient (Wildman–Crippen LogP) is 2.80. The summed E-state index contributed by atoms with van der Waals surface area (Å²) in [7, 11) is 0. The number of carbonyl (C=O) groups excluding carboxylic acids is 1. The molecule has 2 rings (SSSR count). The van der Waals surface area contributed by atoms with Crippen molar-refractivity contribution >= 4 is 11.9 Å². The quantitative estimate of drug-likeness (QED) is 0.892. The summed E-state index contributed by atoms with van der Waals surface area (Å²) < 4.78 is 14.2. The third kappa shape index (κ3) is 3.69. The Morgan fingerprint density at radius 3 is 2.45 bits per heavy atom. The molecule has 0 heterocycles. The predicted molar refractivity (Wildman–Crippen MR) is 80.9 cm³/mol. The van der Waals surface area contributed by atoms with Crippen molar-refractivity contribution in [1.29, 1.82) is 0 Å². The fourth-order valence-electron chi connectivity index (χ4n) is 2.12. The van der Waals surface area contributed by atoms with Gasteiger partial charge in [-0.1, -0.05) is 42.5 Å². The first kappa shape index (κ1) is 15.7. The van der Waals surface area contributed by atoms with E-state index in [0.717, 1.165) is 5.56 Å². The maximum atomic E-state index is 14.2. The molecule has 2 aromatic rings. The van der Waals surface area contributed by atoms with Gasteiger partial charge in [0.25, 0.3) is 0 Å². The number of benzene rings is 2. The first-order chi connectivity index (χ1) is 10.5. The van der Waals surface area contributed by atoms with Crippen molar-refractivity contribution in [2.45, 2.75) is 12.8 Å². The lowest BCUT2D eigenvalue weighted by Gasteiger charge is -2.13. The van der Waals surface area contributed by atoms with Gasteiger partial charge >= 0.3 is 5.97 Å². The smallest absolute Gasteiger partial charge is 0.322 e. The molecule has 1 amide bonds. The average Bonchev–Trinajstić information content (AvgIpc) is 2.52. The first-order valence-electron chi connectivity index (χ1n) is 6.83. The van der Waals surface area contributed by atoms with Gasteiger partial charge in [-0.3, -0.25) is 9.59 Å². The van der Waals surface area contributed by atoms with Gasteiger partial charge in [-0.05, 0) is 24.1 Å². The number of nitrogens with one attached hydrogen (secondary N) is 1. The standard InChI is InChI=1S/C17H16FNO3/c1-11(17(22)19-10-16(20)21)13-7-8-14(15(18)9-13)12-5-3-2-4-6-12/h2-9,11H,10H2,1H3,(H,19,22)(H,20,21). The fourth-order valence-corrected chi connectivity index (χ4v) is 2.12. The van der Waals surface area contributed by atoms with Crippen molar-refractivity contribution in [3.05, 3.63) is 59.9 Å². The van der Waals surface area contributed by atoms with E-state index in [1.165, 1.54) is 6.07 Å². The molecule has 0 radical (unpaired) electrons. The molecular formula is C17H16FNO3. The Morgan fingerprint density at radius 1 is 1.18 bits per heavy atom. The second-order valence-corrected chi connectivity index (χ2v) is 4.94. The van der Waals surface area contributed by atoms with Gasteiger partial charge in [0.15, 0.2) is 0 Å². The number of rotatable bonds is 5. The summed E-state index contributed by atoms with van der Waals surface area (Å²) in [6, 6.07) is 13.7. The van der Waals surface area contributed by atoms with Crippen molar-refractivity contribution < 1.29 is 19.1 Å². The molecule has 2 aromatic carbocycles. The average molecular weight is 301 g/mol. The number of carboxylic acid groups (broad SMARTS) is 1. The third-order valence-electron chi connectivity index (χ3n) is 3.39. The van der Waals surface area contributed by atoms with E-state index in [1.807, 2.05) is 18.2 Å². The highest BCUT2D eigenvalue weighted by atomic mass is 19.1. The van der Waals surface area contributed by atoms with Gasteiger partial charge in [0.05, 0.1) is 5.92 Å². The van der Waals surface area contributed by atoms with Crippen molar-refractivity contribution in [3.63, 3.8) is 0 Å². The van der Waals surface area contributed by atoms with Crippen molar-refractivity contribution in [2.24, 2.45) is 0 Å². The Kier molecular flexibility index (Phi) is 4.88. The summed E-state index contributed by atoms with van der Waals surface area (Å²) in [6.07, 6.45) is 0. The maximum Gasteiger partial charge on any atom is 0.322 e. The zero-order chi connectivity index (χ0) is 16.1. The summed E-state index contributed by atoms with van der Waals surface area (Å²) in [5, 5.41) is 10.8. The summed E-state index contributed by atoms with van der Waals surface area (Å²) in [5.74, 6) is -2.61. The third-order valence-corrected chi connectivity index (χ3v) is 3.39. The minimum atomic E-state index is -1.12. The summed E-state index contributed by atoms with van der Waals surface area (Å²) >= 11 is 0. The van der Waals surface area contributed by atoms with E-state index >= 15 is 0 Å². The van der Waals surface area contributed by atoms with Crippen molar-refractivity contribution in [3.8, 4) is 11.1 Å². The second kappa shape index (κ2) is 6.85. The molecule has 0 aliphatic rings. The van der Waals surface area contributed by atoms with Crippen LogP contribution in [0, 0.1) is 5.82 Å². The van der Waals surface area contributed by atoms with E-state index in [1.54, 1.807) is 31.2 Å². The van der Waals surface area contributed by atoms with Gasteiger partial charge in [0.1, 0.15) is 12.4 Å². The minimum Gasteiger partial charge on any atom is -0.480 e. The van der Waals surface area contributed by atoms with Crippen LogP contribution < -0.4 is 5.32 Å². The lowest BCUT2D eigenvalue weighted by Crippen LogP contribution is -2.32. The Hall–Kier alpha value is -2.69. The van der Waals surface area contributed by atoms with Gasteiger partial charge in [-0.25, -0.2) is 4.39 Å². The lowest BCUT2D eigenvalue weighted by molar-refractivity contribution is -0.138. The number of hydrogen-bond acceptors (Lipinski definition) is 2. The highest BCUT2D eigenvalue weighted by Crippen LogP contribution is 2.26. The van der Waals surface area contributed by atoms with Crippen LogP contribution in [-0.4, -0.2) is 23.5 Å². The van der Waals surface area contributed by atoms with Gasteiger partial charge in [-0.15, -0.1) is 0 Å². The van der Waals surface area contributed by atoms with Crippen LogP contribution in [0.2, 0.25) is 0 Å². The molecule has 4 nitrogen and oxygen atoms in total. The van der Waals surface area contributed by atoms with E-state index in [-0.39, 0.29) is 0 Å². The van der Waals surface area contributed by atoms with Crippen LogP contribution in [0.25, 0.3) is 11.1 Å². The number of hydrogen-bond donors (Lipinski definition) is 2. The SMILES string of the molecule is CC(C(=O)NCC(=O)O)c1ccc(-c2ccccc2)c(F)c1. The molecule has 1 atom stereocenters. The van der Waals surface area contributed by atoms with Gasteiger partial charge in [0.2, 0.25) is 5.91 Å². The van der Waals surface area contributed by atoms with Gasteiger partial charge in [0, 0.05) is 5.56 Å². The van der Waals surface area contributed by atoms with Crippen LogP contribution in [-0.2, 0) is 9.59 Å². The second-order valence-electron chi connectivity index (χ2n) is 4.94. The summed E-state index contributed by atoms with van der Waals surface area (Å²) in [5.41, 5.74) is 1.72. The largest absolute Gasteiger partial charge is 0.480 e. The molecule has 5 heteroatoms. The summed E-state index contributed by atoms with van der Waals surface area (Å²) in [6.45, 7) is 1.15. The molecule has 0 spiro atoms. The van der Waals surface area contributed by atoms with Crippen LogP contribution in [0.1, 0.15) is 18.4 Å². The molecular weight excluding hydrogens is 285 g/mol. The molecule has 22 heavy (non-hydrogen) atoms. The molecule has 0 aliphatic carbocycles. The normalized spacial score (nSPS) is 11.7. The van der Waals surface area contributed by atoms with E-state index < -0.39 is 30.2 Å². The van der Waals surface area contributed by atoms with E-state index in [0.29, 0.717) is 11.1 Å². The number of halogens is 1. The van der Waals surface area contributed by atoms with Crippen LogP contribution >= 0.6 is 0 Å². The van der Waals surface area contributed by atoms with Crippen LogP contribution in [0.15, 0.2) is 48.5 Å². The zero-order valence-corrected chi connectivity index (χ0v) is 12.0. The molecule has 0 saturated carbocycles. The maximum absolute atomic E-state index is 14.2. The lowest BCUT2D eigenvalue weighted by atomic mass is 9.96. The molecule has 0 fully saturated rings. The van der Waals surface area contributed by atoms with Crippen LogP contribution in [0.4, 0.5) is 4.39 Å². The number of carboxylic acids is 1. The zero-order valence-electron chi connectivity index (χ0n) is 12.0. The number of amides is 1. The first-order valence-corrected chi connectivity index (χ1v) is 6.83. The molecule has 0 aromatic heterocycles. The minimum absolute atomic E-state index is 0.415. The molecule has 114 valence electrons. The Bertz CT molecular complexity index is 686. The summed E-state index contributed by atoms with van der Waals surface area (Å²) in [4.78, 5) is 22.3.